The van der Waals surface area contributed by atoms with E-state index in [1.165, 1.54) is 21.9 Å². The minimum Gasteiger partial charge on any atom is -0.289 e. The fourth-order valence-electron chi connectivity index (χ4n) is 7.05. The first-order valence-corrected chi connectivity index (χ1v) is 15.5. The molecule has 0 bridgehead atoms. The Labute approximate surface area is 263 Å². The highest BCUT2D eigenvalue weighted by Gasteiger charge is 2.23. The van der Waals surface area contributed by atoms with Crippen molar-refractivity contribution in [3.63, 3.8) is 0 Å². The number of nitrogens with zero attached hydrogens (tertiary/aromatic N) is 5. The third-order valence-corrected chi connectivity index (χ3v) is 9.13. The predicted molar refractivity (Wildman–Crippen MR) is 189 cm³/mol. The molecule has 0 spiro atoms. The summed E-state index contributed by atoms with van der Waals surface area (Å²) in [6.07, 6.45) is 0. The zero-order valence-corrected chi connectivity index (χ0v) is 24.7. The second kappa shape index (κ2) is 9.58. The lowest BCUT2D eigenvalue weighted by Crippen LogP contribution is -2.03. The van der Waals surface area contributed by atoms with Crippen LogP contribution in [-0.4, -0.2) is 23.9 Å². The molecule has 0 fully saturated rings. The lowest BCUT2D eigenvalue weighted by molar-refractivity contribution is 1.00. The van der Waals surface area contributed by atoms with Crippen LogP contribution in [-0.2, 0) is 0 Å². The molecule has 10 aromatic rings. The van der Waals surface area contributed by atoms with E-state index in [-0.39, 0.29) is 0 Å². The van der Waals surface area contributed by atoms with Crippen LogP contribution in [0.25, 0.3) is 88.6 Å². The van der Waals surface area contributed by atoms with Gasteiger partial charge in [0.05, 0.1) is 22.2 Å². The predicted octanol–water partition coefficient (Wildman–Crippen LogP) is 10.0. The van der Waals surface area contributed by atoms with Crippen LogP contribution in [0.2, 0.25) is 0 Å². The summed E-state index contributed by atoms with van der Waals surface area (Å²) in [6.45, 7) is 0. The van der Waals surface area contributed by atoms with Gasteiger partial charge in [-0.25, -0.2) is 15.0 Å². The molecule has 0 atom stereocenters. The largest absolute Gasteiger partial charge is 0.289 e. The number of fused-ring (bicyclic) bond motifs is 11. The average Bonchev–Trinajstić information content (AvgIpc) is 3.67. The molecule has 6 aromatic carbocycles. The van der Waals surface area contributed by atoms with Gasteiger partial charge in [-0.15, -0.1) is 0 Å². The molecule has 5 heteroatoms. The monoisotopic (exact) mass is 587 g/mol. The van der Waals surface area contributed by atoms with E-state index in [0.29, 0.717) is 5.95 Å². The fourth-order valence-corrected chi connectivity index (χ4v) is 7.05. The number of hydrogen-bond acceptors (Lipinski definition) is 3. The van der Waals surface area contributed by atoms with E-state index in [4.69, 9.17) is 15.0 Å². The van der Waals surface area contributed by atoms with E-state index in [1.807, 2.05) is 12.1 Å². The average molecular weight is 588 g/mol. The van der Waals surface area contributed by atoms with Gasteiger partial charge in [0.25, 0.3) is 0 Å². The normalized spacial score (nSPS) is 11.9. The second-order valence-electron chi connectivity index (χ2n) is 11.7. The van der Waals surface area contributed by atoms with Crippen LogP contribution in [0.15, 0.2) is 152 Å². The molecule has 46 heavy (non-hydrogen) atoms. The van der Waals surface area contributed by atoms with Crippen molar-refractivity contribution in [2.24, 2.45) is 0 Å². The van der Waals surface area contributed by atoms with Crippen LogP contribution >= 0.6 is 0 Å². The fraction of sp³-hybridized carbons (Fsp3) is 0. The molecule has 5 nitrogen and oxygen atoms in total. The first-order chi connectivity index (χ1) is 22.8. The van der Waals surface area contributed by atoms with Gasteiger partial charge in [-0.3, -0.25) is 8.97 Å². The van der Waals surface area contributed by atoms with Gasteiger partial charge in [0.2, 0.25) is 5.95 Å². The quantitative estimate of drug-likeness (QED) is 0.193. The summed E-state index contributed by atoms with van der Waals surface area (Å²) in [5, 5.41) is 5.63. The van der Waals surface area contributed by atoms with Crippen molar-refractivity contribution in [3.05, 3.63) is 152 Å². The minimum atomic E-state index is 0.601. The number of imidazole rings is 1. The number of aromatic nitrogens is 5. The number of benzene rings is 6. The summed E-state index contributed by atoms with van der Waals surface area (Å²) in [6, 6.07) is 53.0. The Morgan fingerprint density at radius 1 is 0.370 bits per heavy atom. The second-order valence-corrected chi connectivity index (χ2v) is 11.7. The number of rotatable bonds is 3. The first kappa shape index (κ1) is 25.0. The van der Waals surface area contributed by atoms with E-state index in [1.54, 1.807) is 0 Å². The highest BCUT2D eigenvalue weighted by molar-refractivity contribution is 6.17. The van der Waals surface area contributed by atoms with Gasteiger partial charge in [-0.05, 0) is 34.7 Å². The molecule has 214 valence electrons. The van der Waals surface area contributed by atoms with Gasteiger partial charge in [0.1, 0.15) is 11.2 Å². The number of pyridine rings is 1. The van der Waals surface area contributed by atoms with Crippen LogP contribution in [0, 0.1) is 0 Å². The zero-order valence-electron chi connectivity index (χ0n) is 24.7. The first-order valence-electron chi connectivity index (χ1n) is 15.5. The molecule has 0 radical (unpaired) electrons. The Hall–Kier alpha value is -6.33. The molecule has 4 heterocycles. The van der Waals surface area contributed by atoms with Crippen molar-refractivity contribution in [2.45, 2.75) is 0 Å². The van der Waals surface area contributed by atoms with Crippen LogP contribution in [0.4, 0.5) is 0 Å². The Kier molecular flexibility index (Phi) is 5.22. The molecular formula is C41H25N5. The molecule has 0 amide bonds. The molecular weight excluding hydrogens is 562 g/mol. The molecule has 0 saturated carbocycles. The smallest absolute Gasteiger partial charge is 0.237 e. The SMILES string of the molecule is c1ccc(-c2ccc(-c3nc(-n4c5ccccc5c5c4nc4c6ccccc6c6ccccc6n45)nc4ccccc34)cc2)cc1. The molecule has 0 unspecified atom stereocenters. The van der Waals surface area contributed by atoms with Crippen molar-refractivity contribution < 1.29 is 0 Å². The van der Waals surface area contributed by atoms with Gasteiger partial charge in [-0.1, -0.05) is 133 Å². The summed E-state index contributed by atoms with van der Waals surface area (Å²) in [7, 11) is 0. The van der Waals surface area contributed by atoms with E-state index in [9.17, 15) is 0 Å². The van der Waals surface area contributed by atoms with Crippen molar-refractivity contribution in [1.29, 1.82) is 0 Å². The van der Waals surface area contributed by atoms with Crippen molar-refractivity contribution in [1.82, 2.24) is 23.9 Å². The van der Waals surface area contributed by atoms with Crippen molar-refractivity contribution in [3.8, 4) is 28.3 Å². The topological polar surface area (TPSA) is 48.0 Å². The summed E-state index contributed by atoms with van der Waals surface area (Å²) in [5.41, 5.74) is 10.1. The van der Waals surface area contributed by atoms with Crippen LogP contribution in [0.3, 0.4) is 0 Å². The van der Waals surface area contributed by atoms with Crippen molar-refractivity contribution >= 4 is 60.3 Å². The third-order valence-electron chi connectivity index (χ3n) is 9.13. The maximum atomic E-state index is 5.38. The highest BCUT2D eigenvalue weighted by atomic mass is 15.2. The Morgan fingerprint density at radius 3 is 1.76 bits per heavy atom. The molecule has 0 saturated heterocycles. The molecule has 4 aromatic heterocycles. The van der Waals surface area contributed by atoms with E-state index in [0.717, 1.165) is 60.8 Å². The number of hydrogen-bond donors (Lipinski definition) is 0. The lowest BCUT2D eigenvalue weighted by Gasteiger charge is -2.11. The molecule has 0 N–H and O–H groups in total. The molecule has 0 aliphatic rings. The summed E-state index contributed by atoms with van der Waals surface area (Å²) in [4.78, 5) is 15.9. The maximum absolute atomic E-state index is 5.38. The van der Waals surface area contributed by atoms with Crippen LogP contribution in [0.5, 0.6) is 0 Å². The van der Waals surface area contributed by atoms with Crippen LogP contribution in [0.1, 0.15) is 0 Å². The maximum Gasteiger partial charge on any atom is 0.237 e. The summed E-state index contributed by atoms with van der Waals surface area (Å²) >= 11 is 0. The van der Waals surface area contributed by atoms with Crippen molar-refractivity contribution in [2.75, 3.05) is 0 Å². The Bertz CT molecular complexity index is 2790. The number of para-hydroxylation sites is 3. The van der Waals surface area contributed by atoms with E-state index >= 15 is 0 Å². The molecule has 0 aliphatic carbocycles. The summed E-state index contributed by atoms with van der Waals surface area (Å²) in [5.74, 6) is 0.601. The van der Waals surface area contributed by atoms with E-state index < -0.39 is 0 Å². The minimum absolute atomic E-state index is 0.601. The van der Waals surface area contributed by atoms with Gasteiger partial charge >= 0.3 is 0 Å². The van der Waals surface area contributed by atoms with Gasteiger partial charge in [0.15, 0.2) is 5.65 Å². The van der Waals surface area contributed by atoms with Gasteiger partial charge in [-0.2, -0.15) is 0 Å². The van der Waals surface area contributed by atoms with Crippen LogP contribution < -0.4 is 0 Å². The highest BCUT2D eigenvalue weighted by Crippen LogP contribution is 2.38. The molecule has 0 aliphatic heterocycles. The van der Waals surface area contributed by atoms with Gasteiger partial charge in [0, 0.05) is 27.1 Å². The van der Waals surface area contributed by atoms with Gasteiger partial charge < -0.3 is 0 Å². The molecule has 10 rings (SSSR count). The summed E-state index contributed by atoms with van der Waals surface area (Å²) < 4.78 is 4.45. The third kappa shape index (κ3) is 3.54. The Morgan fingerprint density at radius 2 is 0.957 bits per heavy atom. The lowest BCUT2D eigenvalue weighted by atomic mass is 10.0. The zero-order chi connectivity index (χ0) is 30.2. The van der Waals surface area contributed by atoms with E-state index in [2.05, 4.69) is 148 Å². The standard InChI is InChI=1S/C41H25N5/c1-2-12-26(13-3-1)27-22-24-28(25-23-27)37-32-17-6-9-19-34(32)42-41(43-37)46-36-21-11-8-18-33(36)38-40(46)44-39-31-16-5-4-14-29(31)30-15-7-10-20-35(30)45(38)39/h1-25H. The Balaban J connectivity index is 1.29.